The SMILES string of the molecule is CC(C)(C)OC(=O)C1CCC(N2CCN(Cc3ccccc3)CC2)CC1. The third-order valence-corrected chi connectivity index (χ3v) is 5.61. The fourth-order valence-corrected chi connectivity index (χ4v) is 4.19. The molecule has 4 nitrogen and oxygen atoms in total. The monoisotopic (exact) mass is 358 g/mol. The Morgan fingerprint density at radius 1 is 1.00 bits per heavy atom. The number of carbonyl (C=O) groups excluding carboxylic acids is 1. The van der Waals surface area contributed by atoms with Crippen molar-refractivity contribution in [1.82, 2.24) is 9.80 Å². The van der Waals surface area contributed by atoms with Crippen LogP contribution in [0.2, 0.25) is 0 Å². The molecule has 3 rings (SSSR count). The van der Waals surface area contributed by atoms with Crippen molar-refractivity contribution in [3.05, 3.63) is 35.9 Å². The summed E-state index contributed by atoms with van der Waals surface area (Å²) >= 11 is 0. The van der Waals surface area contributed by atoms with E-state index in [1.807, 2.05) is 20.8 Å². The molecule has 0 amide bonds. The lowest BCUT2D eigenvalue weighted by molar-refractivity contribution is -0.161. The van der Waals surface area contributed by atoms with Crippen molar-refractivity contribution in [2.75, 3.05) is 26.2 Å². The van der Waals surface area contributed by atoms with Crippen LogP contribution in [0.25, 0.3) is 0 Å². The number of esters is 1. The van der Waals surface area contributed by atoms with Crippen molar-refractivity contribution in [2.24, 2.45) is 5.92 Å². The number of ether oxygens (including phenoxy) is 1. The van der Waals surface area contributed by atoms with Crippen LogP contribution < -0.4 is 0 Å². The maximum Gasteiger partial charge on any atom is 0.309 e. The molecule has 1 saturated heterocycles. The number of benzene rings is 1. The molecule has 4 heteroatoms. The van der Waals surface area contributed by atoms with Gasteiger partial charge in [-0.25, -0.2) is 0 Å². The summed E-state index contributed by atoms with van der Waals surface area (Å²) in [6, 6.07) is 11.4. The van der Waals surface area contributed by atoms with Crippen molar-refractivity contribution in [3.8, 4) is 0 Å². The Morgan fingerprint density at radius 3 is 2.19 bits per heavy atom. The molecule has 0 aromatic heterocycles. The first-order valence-corrected chi connectivity index (χ1v) is 10.1. The van der Waals surface area contributed by atoms with Crippen molar-refractivity contribution in [1.29, 1.82) is 0 Å². The summed E-state index contributed by atoms with van der Waals surface area (Å²) in [5.41, 5.74) is 1.03. The summed E-state index contributed by atoms with van der Waals surface area (Å²) in [5.74, 6) is 0.105. The molecule has 2 aliphatic rings. The zero-order valence-corrected chi connectivity index (χ0v) is 16.6. The smallest absolute Gasteiger partial charge is 0.309 e. The molecule has 1 aromatic rings. The van der Waals surface area contributed by atoms with E-state index in [0.717, 1.165) is 58.4 Å². The number of nitrogens with zero attached hydrogens (tertiary/aromatic N) is 2. The minimum absolute atomic E-state index is 0.00336. The molecule has 0 spiro atoms. The first-order chi connectivity index (χ1) is 12.4. The number of hydrogen-bond donors (Lipinski definition) is 0. The number of piperazine rings is 1. The van der Waals surface area contributed by atoms with E-state index >= 15 is 0 Å². The lowest BCUT2D eigenvalue weighted by Crippen LogP contribution is -2.51. The average molecular weight is 359 g/mol. The predicted octanol–water partition coefficient (Wildman–Crippen LogP) is 3.70. The van der Waals surface area contributed by atoms with E-state index in [-0.39, 0.29) is 17.5 Å². The van der Waals surface area contributed by atoms with E-state index < -0.39 is 0 Å². The van der Waals surface area contributed by atoms with E-state index in [2.05, 4.69) is 40.1 Å². The molecule has 0 radical (unpaired) electrons. The molecule has 0 atom stereocenters. The fraction of sp³-hybridized carbons (Fsp3) is 0.682. The van der Waals surface area contributed by atoms with Gasteiger partial charge in [0.2, 0.25) is 0 Å². The van der Waals surface area contributed by atoms with Gasteiger partial charge in [-0.3, -0.25) is 14.6 Å². The van der Waals surface area contributed by atoms with Crippen LogP contribution in [0.15, 0.2) is 30.3 Å². The van der Waals surface area contributed by atoms with E-state index in [9.17, 15) is 4.79 Å². The Kier molecular flexibility index (Phi) is 6.36. The van der Waals surface area contributed by atoms with E-state index in [1.165, 1.54) is 5.56 Å². The lowest BCUT2D eigenvalue weighted by Gasteiger charge is -2.42. The molecule has 1 saturated carbocycles. The summed E-state index contributed by atoms with van der Waals surface area (Å²) in [4.78, 5) is 17.5. The van der Waals surface area contributed by atoms with Crippen molar-refractivity contribution in [3.63, 3.8) is 0 Å². The summed E-state index contributed by atoms with van der Waals surface area (Å²) in [6.07, 6.45) is 4.21. The van der Waals surface area contributed by atoms with Crippen molar-refractivity contribution in [2.45, 2.75) is 64.6 Å². The molecule has 1 aromatic carbocycles. The quantitative estimate of drug-likeness (QED) is 0.768. The molecule has 1 aliphatic carbocycles. The first kappa shape index (κ1) is 19.4. The molecule has 0 N–H and O–H groups in total. The zero-order valence-electron chi connectivity index (χ0n) is 16.6. The van der Waals surface area contributed by atoms with Crippen LogP contribution in [0, 0.1) is 5.92 Å². The average Bonchev–Trinajstić information content (AvgIpc) is 2.62. The molecule has 0 bridgehead atoms. The molecule has 2 fully saturated rings. The van der Waals surface area contributed by atoms with Gasteiger partial charge in [0.1, 0.15) is 5.60 Å². The molecular formula is C22H34N2O2. The molecule has 26 heavy (non-hydrogen) atoms. The highest BCUT2D eigenvalue weighted by molar-refractivity contribution is 5.73. The zero-order chi connectivity index (χ0) is 18.6. The van der Waals surface area contributed by atoms with Gasteiger partial charge in [-0.2, -0.15) is 0 Å². The Labute approximate surface area is 158 Å². The molecular weight excluding hydrogens is 324 g/mol. The van der Waals surface area contributed by atoms with Crippen molar-refractivity contribution < 1.29 is 9.53 Å². The maximum absolute atomic E-state index is 12.3. The number of hydrogen-bond acceptors (Lipinski definition) is 4. The van der Waals surface area contributed by atoms with Gasteiger partial charge in [-0.1, -0.05) is 30.3 Å². The van der Waals surface area contributed by atoms with Crippen molar-refractivity contribution >= 4 is 5.97 Å². The van der Waals surface area contributed by atoms with Gasteiger partial charge in [0.15, 0.2) is 0 Å². The third kappa shape index (κ3) is 5.55. The molecule has 144 valence electrons. The van der Waals surface area contributed by atoms with Crippen LogP contribution in [0.3, 0.4) is 0 Å². The van der Waals surface area contributed by atoms with Crippen LogP contribution in [0.5, 0.6) is 0 Å². The molecule has 1 heterocycles. The number of carbonyl (C=O) groups is 1. The second kappa shape index (κ2) is 8.53. The molecule has 1 aliphatic heterocycles. The van der Waals surface area contributed by atoms with Crippen LogP contribution in [-0.2, 0) is 16.1 Å². The van der Waals surface area contributed by atoms with Crippen LogP contribution in [-0.4, -0.2) is 53.6 Å². The van der Waals surface area contributed by atoms with Gasteiger partial charge in [0.05, 0.1) is 5.92 Å². The summed E-state index contributed by atoms with van der Waals surface area (Å²) in [5, 5.41) is 0. The van der Waals surface area contributed by atoms with Gasteiger partial charge >= 0.3 is 5.97 Å². The first-order valence-electron chi connectivity index (χ1n) is 10.1. The Hall–Kier alpha value is -1.39. The van der Waals surface area contributed by atoms with Gasteiger partial charge in [0.25, 0.3) is 0 Å². The van der Waals surface area contributed by atoms with E-state index in [0.29, 0.717) is 6.04 Å². The second-order valence-electron chi connectivity index (χ2n) is 8.84. The lowest BCUT2D eigenvalue weighted by atomic mass is 9.85. The maximum atomic E-state index is 12.3. The van der Waals surface area contributed by atoms with Gasteiger partial charge < -0.3 is 4.74 Å². The Bertz CT molecular complexity index is 566. The largest absolute Gasteiger partial charge is 0.460 e. The highest BCUT2D eigenvalue weighted by Crippen LogP contribution is 2.30. The molecule has 0 unspecified atom stereocenters. The van der Waals surface area contributed by atoms with Gasteiger partial charge in [-0.15, -0.1) is 0 Å². The second-order valence-corrected chi connectivity index (χ2v) is 8.84. The normalized spacial score (nSPS) is 25.8. The number of rotatable bonds is 4. The van der Waals surface area contributed by atoms with Crippen LogP contribution in [0.4, 0.5) is 0 Å². The highest BCUT2D eigenvalue weighted by Gasteiger charge is 2.33. The standard InChI is InChI=1S/C22H34N2O2/c1-22(2,3)26-21(25)19-9-11-20(12-10-19)24-15-13-23(14-16-24)17-18-7-5-4-6-8-18/h4-8,19-20H,9-17H2,1-3H3. The summed E-state index contributed by atoms with van der Waals surface area (Å²) in [7, 11) is 0. The highest BCUT2D eigenvalue weighted by atomic mass is 16.6. The van der Waals surface area contributed by atoms with Gasteiger partial charge in [-0.05, 0) is 52.0 Å². The summed E-state index contributed by atoms with van der Waals surface area (Å²) < 4.78 is 5.57. The van der Waals surface area contributed by atoms with E-state index in [1.54, 1.807) is 0 Å². The van der Waals surface area contributed by atoms with Crippen LogP contribution >= 0.6 is 0 Å². The third-order valence-electron chi connectivity index (χ3n) is 5.61. The van der Waals surface area contributed by atoms with Crippen LogP contribution in [0.1, 0.15) is 52.0 Å². The predicted molar refractivity (Wildman–Crippen MR) is 105 cm³/mol. The Balaban J connectivity index is 1.40. The van der Waals surface area contributed by atoms with Gasteiger partial charge in [0, 0.05) is 38.8 Å². The van der Waals surface area contributed by atoms with E-state index in [4.69, 9.17) is 4.74 Å². The Morgan fingerprint density at radius 2 is 1.62 bits per heavy atom. The fourth-order valence-electron chi connectivity index (χ4n) is 4.19. The minimum atomic E-state index is -0.372. The minimum Gasteiger partial charge on any atom is -0.460 e. The topological polar surface area (TPSA) is 32.8 Å². The summed E-state index contributed by atoms with van der Waals surface area (Å²) in [6.45, 7) is 11.5.